The van der Waals surface area contributed by atoms with Crippen LogP contribution in [0.15, 0.2) is 30.3 Å². The van der Waals surface area contributed by atoms with Gasteiger partial charge in [0.1, 0.15) is 5.75 Å². The molecule has 2 heteroatoms. The SMILES string of the molecule is CCCC(CBr)CCOc1ccccc1. The van der Waals surface area contributed by atoms with Gasteiger partial charge in [-0.15, -0.1) is 0 Å². The summed E-state index contributed by atoms with van der Waals surface area (Å²) >= 11 is 3.55. The second kappa shape index (κ2) is 7.75. The van der Waals surface area contributed by atoms with Crippen LogP contribution in [-0.4, -0.2) is 11.9 Å². The predicted octanol–water partition coefficient (Wildman–Crippen LogP) is 4.27. The van der Waals surface area contributed by atoms with Crippen molar-refractivity contribution in [2.45, 2.75) is 26.2 Å². The molecule has 15 heavy (non-hydrogen) atoms. The highest BCUT2D eigenvalue weighted by Crippen LogP contribution is 2.15. The normalized spacial score (nSPS) is 12.4. The number of hydrogen-bond acceptors (Lipinski definition) is 1. The summed E-state index contributed by atoms with van der Waals surface area (Å²) in [6, 6.07) is 10.0. The van der Waals surface area contributed by atoms with Crippen molar-refractivity contribution < 1.29 is 4.74 Å². The average molecular weight is 271 g/mol. The van der Waals surface area contributed by atoms with Gasteiger partial charge in [-0.25, -0.2) is 0 Å². The second-order valence-corrected chi connectivity index (χ2v) is 4.41. The van der Waals surface area contributed by atoms with Gasteiger partial charge in [0.2, 0.25) is 0 Å². The second-order valence-electron chi connectivity index (χ2n) is 3.76. The standard InChI is InChI=1S/C13H19BrO/c1-2-6-12(11-14)9-10-15-13-7-4-3-5-8-13/h3-5,7-8,12H,2,6,9-11H2,1H3. The Kier molecular flexibility index (Phi) is 6.49. The van der Waals surface area contributed by atoms with E-state index in [1.807, 2.05) is 30.3 Å². The monoisotopic (exact) mass is 270 g/mol. The molecule has 0 fully saturated rings. The molecule has 0 heterocycles. The maximum atomic E-state index is 5.66. The zero-order valence-corrected chi connectivity index (χ0v) is 10.9. The van der Waals surface area contributed by atoms with Crippen molar-refractivity contribution in [2.24, 2.45) is 5.92 Å². The minimum atomic E-state index is 0.749. The lowest BCUT2D eigenvalue weighted by molar-refractivity contribution is 0.280. The van der Waals surface area contributed by atoms with E-state index in [0.717, 1.165) is 30.0 Å². The molecule has 0 radical (unpaired) electrons. The van der Waals surface area contributed by atoms with E-state index in [1.165, 1.54) is 12.8 Å². The van der Waals surface area contributed by atoms with E-state index >= 15 is 0 Å². The maximum absolute atomic E-state index is 5.66. The number of para-hydroxylation sites is 1. The van der Waals surface area contributed by atoms with Gasteiger partial charge < -0.3 is 4.74 Å². The van der Waals surface area contributed by atoms with Gasteiger partial charge in [0.15, 0.2) is 0 Å². The summed E-state index contributed by atoms with van der Waals surface area (Å²) in [5.74, 6) is 1.72. The Labute approximate surface area is 101 Å². The third-order valence-electron chi connectivity index (χ3n) is 2.45. The molecule has 0 saturated carbocycles. The minimum absolute atomic E-state index is 0.749. The molecule has 0 aliphatic carbocycles. The molecular weight excluding hydrogens is 252 g/mol. The molecule has 0 bridgehead atoms. The quantitative estimate of drug-likeness (QED) is 0.673. The highest BCUT2D eigenvalue weighted by molar-refractivity contribution is 9.09. The molecule has 1 rings (SSSR count). The van der Waals surface area contributed by atoms with Gasteiger partial charge in [-0.05, 0) is 30.9 Å². The fourth-order valence-corrected chi connectivity index (χ4v) is 2.21. The van der Waals surface area contributed by atoms with Crippen LogP contribution in [0.4, 0.5) is 0 Å². The molecule has 84 valence electrons. The molecule has 1 atom stereocenters. The van der Waals surface area contributed by atoms with Crippen LogP contribution in [0.5, 0.6) is 5.75 Å². The van der Waals surface area contributed by atoms with E-state index in [1.54, 1.807) is 0 Å². The summed E-state index contributed by atoms with van der Waals surface area (Å²) < 4.78 is 5.66. The summed E-state index contributed by atoms with van der Waals surface area (Å²) in [4.78, 5) is 0. The first-order valence-corrected chi connectivity index (χ1v) is 6.72. The predicted molar refractivity (Wildman–Crippen MR) is 68.7 cm³/mol. The van der Waals surface area contributed by atoms with Crippen molar-refractivity contribution in [1.29, 1.82) is 0 Å². The summed E-state index contributed by atoms with van der Waals surface area (Å²) in [7, 11) is 0. The molecular formula is C13H19BrO. The minimum Gasteiger partial charge on any atom is -0.494 e. The van der Waals surface area contributed by atoms with Crippen LogP contribution in [0.25, 0.3) is 0 Å². The highest BCUT2D eigenvalue weighted by Gasteiger charge is 2.05. The van der Waals surface area contributed by atoms with Crippen molar-refractivity contribution in [1.82, 2.24) is 0 Å². The fraction of sp³-hybridized carbons (Fsp3) is 0.538. The summed E-state index contributed by atoms with van der Waals surface area (Å²) in [6.07, 6.45) is 3.67. The van der Waals surface area contributed by atoms with Crippen molar-refractivity contribution in [3.05, 3.63) is 30.3 Å². The Morgan fingerprint density at radius 3 is 2.53 bits per heavy atom. The van der Waals surface area contributed by atoms with E-state index in [0.29, 0.717) is 0 Å². The molecule has 0 N–H and O–H groups in total. The lowest BCUT2D eigenvalue weighted by Gasteiger charge is -2.13. The number of benzene rings is 1. The molecule has 0 saturated heterocycles. The lowest BCUT2D eigenvalue weighted by Crippen LogP contribution is -2.08. The Hall–Kier alpha value is -0.500. The first-order valence-electron chi connectivity index (χ1n) is 5.60. The summed E-state index contributed by atoms with van der Waals surface area (Å²) in [5.41, 5.74) is 0. The van der Waals surface area contributed by atoms with Gasteiger partial charge >= 0.3 is 0 Å². The molecule has 0 aromatic heterocycles. The Bertz CT molecular complexity index is 248. The van der Waals surface area contributed by atoms with Crippen molar-refractivity contribution in [3.8, 4) is 5.75 Å². The third-order valence-corrected chi connectivity index (χ3v) is 3.37. The number of alkyl halides is 1. The number of ether oxygens (including phenoxy) is 1. The van der Waals surface area contributed by atoms with Crippen LogP contribution in [0.1, 0.15) is 26.2 Å². The van der Waals surface area contributed by atoms with E-state index < -0.39 is 0 Å². The topological polar surface area (TPSA) is 9.23 Å². The first-order chi connectivity index (χ1) is 7.36. The number of hydrogen-bond donors (Lipinski definition) is 0. The smallest absolute Gasteiger partial charge is 0.119 e. The Balaban J connectivity index is 2.20. The van der Waals surface area contributed by atoms with Crippen LogP contribution in [-0.2, 0) is 0 Å². The van der Waals surface area contributed by atoms with E-state index in [4.69, 9.17) is 4.74 Å². The maximum Gasteiger partial charge on any atom is 0.119 e. The molecule has 1 nitrogen and oxygen atoms in total. The van der Waals surface area contributed by atoms with Crippen LogP contribution in [0.2, 0.25) is 0 Å². The van der Waals surface area contributed by atoms with Crippen LogP contribution in [0.3, 0.4) is 0 Å². The van der Waals surface area contributed by atoms with Gasteiger partial charge in [0.25, 0.3) is 0 Å². The van der Waals surface area contributed by atoms with E-state index in [9.17, 15) is 0 Å². The largest absolute Gasteiger partial charge is 0.494 e. The molecule has 0 aliphatic heterocycles. The fourth-order valence-electron chi connectivity index (χ4n) is 1.57. The van der Waals surface area contributed by atoms with Gasteiger partial charge in [-0.3, -0.25) is 0 Å². The van der Waals surface area contributed by atoms with Crippen molar-refractivity contribution in [3.63, 3.8) is 0 Å². The van der Waals surface area contributed by atoms with Gasteiger partial charge in [-0.2, -0.15) is 0 Å². The molecule has 1 aromatic rings. The molecule has 0 spiro atoms. The van der Waals surface area contributed by atoms with Gasteiger partial charge in [-0.1, -0.05) is 47.5 Å². The van der Waals surface area contributed by atoms with Crippen molar-refractivity contribution in [2.75, 3.05) is 11.9 Å². The Morgan fingerprint density at radius 2 is 1.93 bits per heavy atom. The van der Waals surface area contributed by atoms with E-state index in [2.05, 4.69) is 22.9 Å². The van der Waals surface area contributed by atoms with E-state index in [-0.39, 0.29) is 0 Å². The molecule has 1 unspecified atom stereocenters. The highest BCUT2D eigenvalue weighted by atomic mass is 79.9. The number of rotatable bonds is 7. The average Bonchev–Trinajstić information content (AvgIpc) is 2.29. The molecule has 0 amide bonds. The Morgan fingerprint density at radius 1 is 1.20 bits per heavy atom. The molecule has 0 aliphatic rings. The zero-order valence-electron chi connectivity index (χ0n) is 9.29. The summed E-state index contributed by atoms with van der Waals surface area (Å²) in [6.45, 7) is 3.05. The number of halogens is 1. The van der Waals surface area contributed by atoms with Crippen LogP contribution in [0, 0.1) is 5.92 Å². The van der Waals surface area contributed by atoms with Gasteiger partial charge in [0.05, 0.1) is 6.61 Å². The van der Waals surface area contributed by atoms with Crippen molar-refractivity contribution >= 4 is 15.9 Å². The van der Waals surface area contributed by atoms with Crippen LogP contribution < -0.4 is 4.74 Å². The zero-order chi connectivity index (χ0) is 10.9. The first kappa shape index (κ1) is 12.6. The van der Waals surface area contributed by atoms with Crippen LogP contribution >= 0.6 is 15.9 Å². The lowest BCUT2D eigenvalue weighted by atomic mass is 10.0. The summed E-state index contributed by atoms with van der Waals surface area (Å²) in [5, 5.41) is 1.08. The van der Waals surface area contributed by atoms with Gasteiger partial charge in [0, 0.05) is 5.33 Å². The third kappa shape index (κ3) is 5.22. The molecule has 1 aromatic carbocycles.